The molecule has 0 aliphatic heterocycles. The van der Waals surface area contributed by atoms with Gasteiger partial charge in [-0.15, -0.1) is 0 Å². The van der Waals surface area contributed by atoms with Crippen LogP contribution >= 0.6 is 11.6 Å². The zero-order chi connectivity index (χ0) is 10.8. The zero-order valence-electron chi connectivity index (χ0n) is 7.97. The van der Waals surface area contributed by atoms with Crippen molar-refractivity contribution in [3.63, 3.8) is 0 Å². The van der Waals surface area contributed by atoms with E-state index in [2.05, 4.69) is 9.97 Å². The van der Waals surface area contributed by atoms with Gasteiger partial charge in [0.1, 0.15) is 11.3 Å². The maximum atomic E-state index is 9.79. The molecule has 1 atom stereocenters. The van der Waals surface area contributed by atoms with Crippen molar-refractivity contribution in [2.45, 2.75) is 12.5 Å². The van der Waals surface area contributed by atoms with Crippen molar-refractivity contribution in [3.8, 4) is 0 Å². The number of rotatable bonds is 3. The van der Waals surface area contributed by atoms with Crippen molar-refractivity contribution >= 4 is 17.2 Å². The molecule has 0 spiro atoms. The number of halogens is 1. The second-order valence-corrected chi connectivity index (χ2v) is 3.62. The Bertz CT molecular complexity index is 470. The molecule has 5 nitrogen and oxygen atoms in total. The minimum absolute atomic E-state index is 0.419. The number of aliphatic hydroxyl groups excluding tert-OH is 1. The van der Waals surface area contributed by atoms with Gasteiger partial charge in [0, 0.05) is 0 Å². The molecule has 0 bridgehead atoms. The molecule has 2 rings (SSSR count). The summed E-state index contributed by atoms with van der Waals surface area (Å²) >= 11 is 5.90. The predicted octanol–water partition coefficient (Wildman–Crippen LogP) is 0.765. The number of fused-ring (bicyclic) bond motifs is 1. The van der Waals surface area contributed by atoms with Crippen molar-refractivity contribution in [1.82, 2.24) is 14.4 Å². The van der Waals surface area contributed by atoms with E-state index in [0.29, 0.717) is 29.3 Å². The summed E-state index contributed by atoms with van der Waals surface area (Å²) in [6, 6.07) is 0. The van der Waals surface area contributed by atoms with Gasteiger partial charge in [0.2, 0.25) is 0 Å². The van der Waals surface area contributed by atoms with Crippen LogP contribution in [0.2, 0.25) is 5.02 Å². The third-order valence-corrected chi connectivity index (χ3v) is 2.46. The molecule has 80 valence electrons. The summed E-state index contributed by atoms with van der Waals surface area (Å²) in [5, 5.41) is 10.2. The molecule has 0 amide bonds. The quantitative estimate of drug-likeness (QED) is 0.811. The van der Waals surface area contributed by atoms with E-state index >= 15 is 0 Å². The van der Waals surface area contributed by atoms with Crippen LogP contribution in [0.25, 0.3) is 5.65 Å². The third kappa shape index (κ3) is 1.81. The van der Waals surface area contributed by atoms with Crippen molar-refractivity contribution in [1.29, 1.82) is 0 Å². The molecule has 3 N–H and O–H groups in total. The maximum Gasteiger partial charge on any atom is 0.158 e. The van der Waals surface area contributed by atoms with Gasteiger partial charge in [-0.2, -0.15) is 0 Å². The molecule has 2 aromatic heterocycles. The Labute approximate surface area is 91.5 Å². The highest BCUT2D eigenvalue weighted by Crippen LogP contribution is 2.21. The Kier molecular flexibility index (Phi) is 2.86. The van der Waals surface area contributed by atoms with Crippen molar-refractivity contribution in [2.24, 2.45) is 5.73 Å². The number of hydrogen-bond donors (Lipinski definition) is 2. The summed E-state index contributed by atoms with van der Waals surface area (Å²) in [4.78, 5) is 8.05. The normalized spacial score (nSPS) is 13.3. The molecule has 0 fully saturated rings. The summed E-state index contributed by atoms with van der Waals surface area (Å²) in [6.45, 7) is 0.419. The van der Waals surface area contributed by atoms with E-state index in [-0.39, 0.29) is 0 Å². The lowest BCUT2D eigenvalue weighted by atomic mass is 10.2. The van der Waals surface area contributed by atoms with Gasteiger partial charge >= 0.3 is 0 Å². The van der Waals surface area contributed by atoms with Gasteiger partial charge in [-0.05, 0) is 13.0 Å². The standard InChI is InChI=1S/C9H11ClN4O/c10-6-3-12-5-14-7(4-13-9(6)14)8(15)1-2-11/h3-5,8,15H,1-2,11H2. The highest BCUT2D eigenvalue weighted by atomic mass is 35.5. The minimum atomic E-state index is -0.634. The molecule has 15 heavy (non-hydrogen) atoms. The molecule has 0 saturated carbocycles. The summed E-state index contributed by atoms with van der Waals surface area (Å²) in [7, 11) is 0. The van der Waals surface area contributed by atoms with E-state index in [0.717, 1.165) is 0 Å². The van der Waals surface area contributed by atoms with Gasteiger partial charge in [-0.25, -0.2) is 9.97 Å². The lowest BCUT2D eigenvalue weighted by molar-refractivity contribution is 0.164. The van der Waals surface area contributed by atoms with E-state index in [1.54, 1.807) is 16.9 Å². The average molecular weight is 227 g/mol. The van der Waals surface area contributed by atoms with Crippen LogP contribution < -0.4 is 5.73 Å². The van der Waals surface area contributed by atoms with E-state index < -0.39 is 6.10 Å². The SMILES string of the molecule is NCCC(O)c1cnc2c(Cl)cncn12. The Balaban J connectivity index is 2.49. The lowest BCUT2D eigenvalue weighted by Gasteiger charge is -2.08. The van der Waals surface area contributed by atoms with E-state index in [4.69, 9.17) is 17.3 Å². The fraction of sp³-hybridized carbons (Fsp3) is 0.333. The second-order valence-electron chi connectivity index (χ2n) is 3.21. The Hall–Kier alpha value is -1.17. The first-order valence-electron chi connectivity index (χ1n) is 4.58. The molecule has 0 aromatic carbocycles. The van der Waals surface area contributed by atoms with Crippen LogP contribution in [0, 0.1) is 0 Å². The lowest BCUT2D eigenvalue weighted by Crippen LogP contribution is -2.08. The Morgan fingerprint density at radius 2 is 2.33 bits per heavy atom. The van der Waals surface area contributed by atoms with Gasteiger partial charge in [0.15, 0.2) is 5.65 Å². The summed E-state index contributed by atoms with van der Waals surface area (Å²) in [5.74, 6) is 0. The van der Waals surface area contributed by atoms with Crippen LogP contribution in [0.1, 0.15) is 18.2 Å². The number of hydrogen-bond acceptors (Lipinski definition) is 4. The topological polar surface area (TPSA) is 76.4 Å². The predicted molar refractivity (Wildman–Crippen MR) is 56.6 cm³/mol. The highest BCUT2D eigenvalue weighted by molar-refractivity contribution is 6.33. The van der Waals surface area contributed by atoms with Gasteiger partial charge in [0.25, 0.3) is 0 Å². The minimum Gasteiger partial charge on any atom is -0.387 e. The van der Waals surface area contributed by atoms with Gasteiger partial charge in [-0.3, -0.25) is 4.40 Å². The van der Waals surface area contributed by atoms with Crippen molar-refractivity contribution in [3.05, 3.63) is 29.4 Å². The van der Waals surface area contributed by atoms with Crippen molar-refractivity contribution in [2.75, 3.05) is 6.54 Å². The van der Waals surface area contributed by atoms with Crippen LogP contribution in [-0.4, -0.2) is 26.0 Å². The maximum absolute atomic E-state index is 9.79. The van der Waals surface area contributed by atoms with Crippen molar-refractivity contribution < 1.29 is 5.11 Å². The molecule has 1 unspecified atom stereocenters. The summed E-state index contributed by atoms with van der Waals surface area (Å²) in [6.07, 6.45) is 4.53. The first kappa shape index (κ1) is 10.4. The van der Waals surface area contributed by atoms with Crippen LogP contribution in [0.3, 0.4) is 0 Å². The number of nitrogens with two attached hydrogens (primary N) is 1. The Morgan fingerprint density at radius 3 is 3.07 bits per heavy atom. The molecular formula is C9H11ClN4O. The molecular weight excluding hydrogens is 216 g/mol. The van der Waals surface area contributed by atoms with Crippen LogP contribution in [0.15, 0.2) is 18.7 Å². The largest absolute Gasteiger partial charge is 0.387 e. The molecule has 2 heterocycles. The number of aliphatic hydroxyl groups is 1. The summed E-state index contributed by atoms with van der Waals surface area (Å²) in [5.41, 5.74) is 6.63. The molecule has 0 saturated heterocycles. The number of aromatic nitrogens is 3. The van der Waals surface area contributed by atoms with Crippen LogP contribution in [0.5, 0.6) is 0 Å². The van der Waals surface area contributed by atoms with Gasteiger partial charge < -0.3 is 10.8 Å². The van der Waals surface area contributed by atoms with E-state index in [1.807, 2.05) is 0 Å². The molecule has 2 aromatic rings. The number of nitrogens with zero attached hydrogens (tertiary/aromatic N) is 3. The first-order valence-corrected chi connectivity index (χ1v) is 4.96. The van der Waals surface area contributed by atoms with Gasteiger partial charge in [-0.1, -0.05) is 11.6 Å². The fourth-order valence-corrected chi connectivity index (χ4v) is 1.64. The smallest absolute Gasteiger partial charge is 0.158 e. The second kappa shape index (κ2) is 4.14. The summed E-state index contributed by atoms with van der Waals surface area (Å²) < 4.78 is 1.67. The van der Waals surface area contributed by atoms with Gasteiger partial charge in [0.05, 0.1) is 24.2 Å². The van der Waals surface area contributed by atoms with Crippen LogP contribution in [-0.2, 0) is 0 Å². The van der Waals surface area contributed by atoms with E-state index in [1.165, 1.54) is 6.20 Å². The third-order valence-electron chi connectivity index (χ3n) is 2.19. The highest BCUT2D eigenvalue weighted by Gasteiger charge is 2.13. The van der Waals surface area contributed by atoms with Crippen LogP contribution in [0.4, 0.5) is 0 Å². The molecule has 0 aliphatic rings. The molecule has 6 heteroatoms. The molecule has 0 aliphatic carbocycles. The Morgan fingerprint density at radius 1 is 1.53 bits per heavy atom. The van der Waals surface area contributed by atoms with E-state index in [9.17, 15) is 5.11 Å². The first-order chi connectivity index (χ1) is 7.24. The monoisotopic (exact) mass is 226 g/mol. The molecule has 0 radical (unpaired) electrons. The fourth-order valence-electron chi connectivity index (χ4n) is 1.45. The number of imidazole rings is 1. The average Bonchev–Trinajstić information content (AvgIpc) is 2.63. The zero-order valence-corrected chi connectivity index (χ0v) is 8.72.